The molecule has 0 saturated carbocycles. The Bertz CT molecular complexity index is 4150. The van der Waals surface area contributed by atoms with Gasteiger partial charge in [0.25, 0.3) is 0 Å². The number of rotatable bonds is 0. The van der Waals surface area contributed by atoms with Crippen molar-refractivity contribution in [2.75, 3.05) is 0 Å². The van der Waals surface area contributed by atoms with Crippen LogP contribution in [0.4, 0.5) is 0 Å². The van der Waals surface area contributed by atoms with E-state index in [1.54, 1.807) is 48.5 Å². The lowest BCUT2D eigenvalue weighted by atomic mass is 10.4. The maximum absolute atomic E-state index is 7.00. The molecule has 676 valence electrons. The lowest BCUT2D eigenvalue weighted by Gasteiger charge is -1.57. The molecular formula is C101H260O2. The highest BCUT2D eigenvalue weighted by Gasteiger charge is 1.61. The van der Waals surface area contributed by atoms with Crippen LogP contribution in [-0.4, -0.2) is 0 Å². The standard InChI is InChI=1S/2C24H6.C12H6.2C6H2.C5H4.24CH4.O2.69H2/c2*1-3-5-7-9-11-13-15-17-19-21-23-24-22-20-18-16-14-12-10-8-6-4-2;1-3-5-7-9-11-12-10-8-6-4-2;2*1-3-5-6-4-2;1-3-5-4-2;;;;;;;;;;;;;;;;;;;;;;;;;1-2;;;;;;;;;;;;;;;;;;;;;;;;;;;;;;;;;;;;;;;;;;;;;;;;;;;;;;;;;;;;;;;;;;;;;/h2*1-2H3;1-2H3;2*1-2H;1H,2H3;24*1H4;;69*1H. The van der Waals surface area contributed by atoms with Crippen molar-refractivity contribution in [3.05, 3.63) is 9.93 Å². The maximum atomic E-state index is 7.00. The Morgan fingerprint density at radius 1 is 0.117 bits per heavy atom. The van der Waals surface area contributed by atoms with Crippen LogP contribution in [0.25, 0.3) is 0 Å². The summed E-state index contributed by atoms with van der Waals surface area (Å²) in [5, 5.41) is 0. The fourth-order valence-corrected chi connectivity index (χ4v) is 1.90. The Morgan fingerprint density at radius 2 is 0.175 bits per heavy atom. The summed E-state index contributed by atoms with van der Waals surface area (Å²) in [7, 11) is 0. The molecule has 0 aliphatic carbocycles. The SMILES string of the molecule is C.C.C.C.C.C.C.C.C.C.C.C.C.C.C.C.C.C.C.C.C.C.C.C.C#CC#CC.C#CC#CC#C.C#CC#CC#C.CC#CC#CC#CC#CC#CC.CC#CC#CC#CC#CC#CC#CC#CC#CC#CC#CC#CC.CC#CC#CC#CC#CC#CC#CC#CC#CC#CC#CC#CC.O=O.[HH].[HH].[HH].[HH].[HH].[HH].[HH].[HH].[HH].[HH].[HH].[HH].[HH].[HH].[HH].[HH].[HH].[HH].[HH].[HH].[HH].[HH].[HH].[HH].[HH].[HH].[HH].[HH].[HH].[HH].[HH].[HH].[HH].[HH].[HH].[HH].[HH].[HH].[HH].[HH].[HH].[HH].[HH].[HH].[HH].[HH].[HH].[HH].[HH].[HH].[HH].[HH].[HH].[HH].[HH].[HH].[HH].[HH].[HH].[HH].[HH].[HH].[HH].[HH].[HH].[HH].[HH].[HH].[HH]. The number of terminal acetylenes is 5. The Hall–Kier alpha value is -15.8. The van der Waals surface area contributed by atoms with Crippen molar-refractivity contribution in [3.8, 4) is 417 Å². The van der Waals surface area contributed by atoms with Gasteiger partial charge in [0.15, 0.2) is 0 Å². The van der Waals surface area contributed by atoms with Crippen LogP contribution < -0.4 is 0 Å². The highest BCUT2D eigenvalue weighted by Crippen LogP contribution is 1.62. The van der Waals surface area contributed by atoms with E-state index in [4.69, 9.17) is 42.0 Å². The van der Waals surface area contributed by atoms with Crippen molar-refractivity contribution in [3.63, 3.8) is 0 Å². The van der Waals surface area contributed by atoms with Crippen LogP contribution in [-0.2, 0) is 0 Å². The summed E-state index contributed by atoms with van der Waals surface area (Å²) in [6.07, 6.45) is 23.5. The summed E-state index contributed by atoms with van der Waals surface area (Å²) in [4.78, 5) is 14.0. The first-order chi connectivity index (χ1) is 39.0. The first-order valence-electron chi connectivity index (χ1n) is 19.9. The molecule has 0 aromatic rings. The smallest absolute Gasteiger partial charge is 0 e. The van der Waals surface area contributed by atoms with Gasteiger partial charge in [-0.3, -0.25) is 0 Å². The molecule has 0 aromatic heterocycles. The summed E-state index contributed by atoms with van der Waals surface area (Å²) < 4.78 is 0. The first-order valence-corrected chi connectivity index (χ1v) is 19.9. The molecule has 0 aliphatic heterocycles. The van der Waals surface area contributed by atoms with Crippen molar-refractivity contribution in [2.45, 2.75) is 227 Å². The Balaban J connectivity index is -0.00000000345. The van der Waals surface area contributed by atoms with E-state index in [0.717, 1.165) is 0 Å². The summed E-state index contributed by atoms with van der Waals surface area (Å²) in [5.74, 6) is 161. The van der Waals surface area contributed by atoms with Crippen molar-refractivity contribution in [2.24, 2.45) is 0 Å². The van der Waals surface area contributed by atoms with Gasteiger partial charge < -0.3 is 0 Å². The lowest BCUT2D eigenvalue weighted by molar-refractivity contribution is 1.92. The van der Waals surface area contributed by atoms with E-state index in [9.17, 15) is 0 Å². The molecule has 0 rings (SSSR count). The predicted molar refractivity (Wildman–Crippen MR) is 631 cm³/mol. The third kappa shape index (κ3) is 327. The highest BCUT2D eigenvalue weighted by molar-refractivity contribution is 5.50. The lowest BCUT2D eigenvalue weighted by Crippen LogP contribution is -1.56. The van der Waals surface area contributed by atoms with Gasteiger partial charge in [0.1, 0.15) is 0 Å². The maximum Gasteiger partial charge on any atom is 0 e. The van der Waals surface area contributed by atoms with Crippen LogP contribution in [0.2, 0.25) is 0 Å². The molecule has 2 nitrogen and oxygen atoms in total. The minimum absolute atomic E-state index is 0. The normalized spacial score (nSPS) is 2.82. The van der Waals surface area contributed by atoms with E-state index < -0.39 is 0 Å². The average Bonchev–Trinajstić information content (AvgIpc) is 1.11. The molecule has 0 spiro atoms. The zero-order valence-electron chi connectivity index (χ0n) is 43.2. The molecular weight excluding hydrogens is 1250 g/mol. The van der Waals surface area contributed by atoms with Crippen molar-refractivity contribution in [1.29, 1.82) is 0 Å². The molecule has 0 bridgehead atoms. The third-order valence-electron chi connectivity index (χ3n) is 4.17. The molecule has 0 amide bonds. The first kappa shape index (κ1) is 205. The van der Waals surface area contributed by atoms with Gasteiger partial charge in [-0.15, -0.1) is 32.1 Å². The summed E-state index contributed by atoms with van der Waals surface area (Å²) in [5.41, 5.74) is 0. The molecule has 0 unspecified atom stereocenters. The largest absolute Gasteiger partial charge is 0.106 e. The zero-order chi connectivity index (χ0) is 60.0. The Morgan fingerprint density at radius 3 is 0.214 bits per heavy atom. The zero-order valence-corrected chi connectivity index (χ0v) is 43.2. The molecule has 0 aliphatic rings. The minimum Gasteiger partial charge on any atom is -0.106 e. The fourth-order valence-electron chi connectivity index (χ4n) is 1.90. The van der Waals surface area contributed by atoms with Gasteiger partial charge in [0.05, 0.1) is 0 Å². The van der Waals surface area contributed by atoms with E-state index in [-0.39, 0.29) is 277 Å². The Labute approximate surface area is 752 Å². The van der Waals surface area contributed by atoms with Gasteiger partial charge in [-0.05, 0) is 344 Å². The number of hydrogen-bond acceptors (Lipinski definition) is 2. The average molecular weight is 1510 g/mol. The van der Waals surface area contributed by atoms with Crippen LogP contribution in [0, 0.1) is 427 Å². The molecule has 0 saturated heterocycles. The highest BCUT2D eigenvalue weighted by atomic mass is 16.7. The molecule has 0 N–H and O–H groups in total. The van der Waals surface area contributed by atoms with E-state index in [1.807, 2.05) is 0 Å². The minimum atomic E-state index is 0. The second kappa shape index (κ2) is 258. The second-order valence-corrected chi connectivity index (χ2v) is 9.10. The molecule has 0 radical (unpaired) electrons. The van der Waals surface area contributed by atoms with Gasteiger partial charge >= 0.3 is 0 Å². The summed E-state index contributed by atoms with van der Waals surface area (Å²) >= 11 is 0. The number of hydrogen-bond donors (Lipinski definition) is 0. The molecule has 0 fully saturated rings. The van der Waals surface area contributed by atoms with Crippen molar-refractivity contribution < 1.29 is 98.4 Å². The molecule has 103 heavy (non-hydrogen) atoms. The van der Waals surface area contributed by atoms with Gasteiger partial charge in [-0.2, -0.15) is 0 Å². The van der Waals surface area contributed by atoms with E-state index >= 15 is 0 Å². The van der Waals surface area contributed by atoms with E-state index in [1.165, 1.54) is 0 Å². The molecule has 0 atom stereocenters. The van der Waals surface area contributed by atoms with Crippen LogP contribution in [0.3, 0.4) is 0 Å². The van der Waals surface area contributed by atoms with Crippen molar-refractivity contribution in [1.82, 2.24) is 0 Å². The van der Waals surface area contributed by atoms with Crippen LogP contribution in [0.15, 0.2) is 0 Å². The summed E-state index contributed by atoms with van der Waals surface area (Å²) in [6, 6.07) is 0. The third-order valence-corrected chi connectivity index (χ3v) is 4.17. The molecule has 2 heteroatoms. The van der Waals surface area contributed by atoms with Gasteiger partial charge in [-0.1, -0.05) is 220 Å². The van der Waals surface area contributed by atoms with Gasteiger partial charge in [0, 0.05) is 156 Å². The van der Waals surface area contributed by atoms with Crippen LogP contribution in [0.1, 0.15) is 325 Å². The topological polar surface area (TPSA) is 34.1 Å². The predicted octanol–water partition coefficient (Wildman–Crippen LogP) is 36.6. The van der Waals surface area contributed by atoms with E-state index in [0.29, 0.717) is 0 Å². The van der Waals surface area contributed by atoms with Crippen LogP contribution in [0.5, 0.6) is 0 Å². The molecule has 0 heterocycles. The summed E-state index contributed by atoms with van der Waals surface area (Å²) in [6.45, 7) is 11.9. The van der Waals surface area contributed by atoms with Crippen molar-refractivity contribution >= 4 is 0 Å². The van der Waals surface area contributed by atoms with E-state index in [2.05, 4.69) is 385 Å². The fraction of sp³-hybridized carbons (Fsp3) is 0.307. The van der Waals surface area contributed by atoms with Crippen LogP contribution >= 0.6 is 0 Å². The second-order valence-electron chi connectivity index (χ2n) is 9.10. The Kier molecular flexibility index (Phi) is 515. The van der Waals surface area contributed by atoms with Gasteiger partial charge in [-0.25, -0.2) is 0 Å². The van der Waals surface area contributed by atoms with Gasteiger partial charge in [0.2, 0.25) is 0 Å². The molecule has 0 aromatic carbocycles. The quantitative estimate of drug-likeness (QED) is 0.227. The monoisotopic (exact) mass is 1510 g/mol.